The molecule has 0 aliphatic heterocycles. The number of hydrogen-bond acceptors (Lipinski definition) is 2. The molecular weight excluding hydrogens is 278 g/mol. The predicted molar refractivity (Wildman–Crippen MR) is 72.9 cm³/mol. The summed E-state index contributed by atoms with van der Waals surface area (Å²) in [6.07, 6.45) is 2.74. The van der Waals surface area contributed by atoms with E-state index in [0.717, 1.165) is 35.5 Å². The Morgan fingerprint density at radius 3 is 3.06 bits per heavy atom. The summed E-state index contributed by atoms with van der Waals surface area (Å²) < 4.78 is 1.11. The van der Waals surface area contributed by atoms with Crippen LogP contribution in [0, 0.1) is 0 Å². The predicted octanol–water partition coefficient (Wildman–Crippen LogP) is 2.87. The first-order valence-electron chi connectivity index (χ1n) is 5.76. The summed E-state index contributed by atoms with van der Waals surface area (Å²) in [5.74, 6) is 1.01. The topological polar surface area (TPSA) is 40.7 Å². The molecule has 1 aromatic carbocycles. The van der Waals surface area contributed by atoms with Gasteiger partial charge < -0.3 is 10.3 Å². The van der Waals surface area contributed by atoms with Gasteiger partial charge in [0.25, 0.3) is 0 Å². The first-order valence-corrected chi connectivity index (χ1v) is 6.55. The van der Waals surface area contributed by atoms with Crippen LogP contribution < -0.4 is 5.32 Å². The van der Waals surface area contributed by atoms with Gasteiger partial charge in [0.05, 0.1) is 0 Å². The van der Waals surface area contributed by atoms with Gasteiger partial charge in [-0.25, -0.2) is 4.98 Å². The summed E-state index contributed by atoms with van der Waals surface area (Å²) in [4.78, 5) is 7.71. The van der Waals surface area contributed by atoms with Crippen LogP contribution in [0.15, 0.2) is 34.9 Å². The third-order valence-corrected chi connectivity index (χ3v) is 3.00. The third-order valence-electron chi connectivity index (χ3n) is 2.51. The molecule has 2 aromatic rings. The van der Waals surface area contributed by atoms with Crippen molar-refractivity contribution in [2.24, 2.45) is 0 Å². The van der Waals surface area contributed by atoms with Crippen molar-refractivity contribution in [3.8, 4) is 0 Å². The average Bonchev–Trinajstić information content (AvgIpc) is 2.74. The molecule has 1 heterocycles. The molecule has 0 spiro atoms. The second-order valence-electron chi connectivity index (χ2n) is 3.94. The molecular formula is C13H16BrN3. The van der Waals surface area contributed by atoms with Crippen LogP contribution in [0.4, 0.5) is 0 Å². The van der Waals surface area contributed by atoms with Crippen LogP contribution in [0.25, 0.3) is 0 Å². The molecule has 2 rings (SSSR count). The molecule has 0 bridgehead atoms. The van der Waals surface area contributed by atoms with Gasteiger partial charge in [0.2, 0.25) is 0 Å². The Balaban J connectivity index is 2.01. The molecule has 3 nitrogen and oxygen atoms in total. The van der Waals surface area contributed by atoms with Crippen LogP contribution in [0.1, 0.15) is 24.0 Å². The van der Waals surface area contributed by atoms with Gasteiger partial charge >= 0.3 is 0 Å². The molecule has 17 heavy (non-hydrogen) atoms. The minimum Gasteiger partial charge on any atom is -0.345 e. The van der Waals surface area contributed by atoms with E-state index in [0.29, 0.717) is 0 Å². The maximum Gasteiger partial charge on any atom is 0.110 e. The van der Waals surface area contributed by atoms with Crippen molar-refractivity contribution < 1.29 is 0 Å². The van der Waals surface area contributed by atoms with Crippen molar-refractivity contribution in [3.05, 3.63) is 52.0 Å². The van der Waals surface area contributed by atoms with Crippen LogP contribution in [-0.2, 0) is 13.0 Å². The van der Waals surface area contributed by atoms with E-state index in [2.05, 4.69) is 50.3 Å². The van der Waals surface area contributed by atoms with Crippen molar-refractivity contribution in [3.63, 3.8) is 0 Å². The number of hydrogen-bond donors (Lipinski definition) is 2. The van der Waals surface area contributed by atoms with E-state index in [9.17, 15) is 0 Å². The zero-order valence-electron chi connectivity index (χ0n) is 9.83. The maximum absolute atomic E-state index is 4.38. The highest BCUT2D eigenvalue weighted by Gasteiger charge is 2.02. The lowest BCUT2D eigenvalue weighted by Gasteiger charge is -2.00. The Bertz CT molecular complexity index is 479. The lowest BCUT2D eigenvalue weighted by molar-refractivity contribution is 0.712. The molecule has 0 saturated carbocycles. The number of nitrogens with zero attached hydrogens (tertiary/aromatic N) is 1. The van der Waals surface area contributed by atoms with Crippen LogP contribution in [0.2, 0.25) is 0 Å². The van der Waals surface area contributed by atoms with Crippen molar-refractivity contribution >= 4 is 15.9 Å². The van der Waals surface area contributed by atoms with E-state index < -0.39 is 0 Å². The molecule has 0 unspecified atom stereocenters. The molecule has 0 atom stereocenters. The molecule has 0 aliphatic carbocycles. The normalized spacial score (nSPS) is 10.7. The lowest BCUT2D eigenvalue weighted by Crippen LogP contribution is -2.11. The largest absolute Gasteiger partial charge is 0.345 e. The van der Waals surface area contributed by atoms with Crippen LogP contribution >= 0.6 is 15.9 Å². The van der Waals surface area contributed by atoms with E-state index in [-0.39, 0.29) is 0 Å². The van der Waals surface area contributed by atoms with Crippen molar-refractivity contribution in [2.75, 3.05) is 6.54 Å². The molecule has 0 saturated heterocycles. The molecule has 0 amide bonds. The van der Waals surface area contributed by atoms with Gasteiger partial charge in [0, 0.05) is 29.3 Å². The van der Waals surface area contributed by atoms with E-state index in [4.69, 9.17) is 0 Å². The Labute approximate surface area is 110 Å². The van der Waals surface area contributed by atoms with E-state index in [1.54, 1.807) is 0 Å². The minimum absolute atomic E-state index is 0.839. The fraction of sp³-hybridized carbons (Fsp3) is 0.308. The summed E-state index contributed by atoms with van der Waals surface area (Å²) >= 11 is 3.47. The Kier molecular flexibility index (Phi) is 4.34. The van der Waals surface area contributed by atoms with Crippen molar-refractivity contribution in [2.45, 2.75) is 19.9 Å². The molecule has 4 heteroatoms. The van der Waals surface area contributed by atoms with Crippen LogP contribution in [-0.4, -0.2) is 16.5 Å². The number of imidazole rings is 1. The van der Waals surface area contributed by atoms with Gasteiger partial charge in [-0.1, -0.05) is 35.0 Å². The second-order valence-corrected chi connectivity index (χ2v) is 4.86. The number of benzene rings is 1. The summed E-state index contributed by atoms with van der Waals surface area (Å²) in [5.41, 5.74) is 2.39. The van der Waals surface area contributed by atoms with E-state index >= 15 is 0 Å². The molecule has 0 radical (unpaired) electrons. The number of halogens is 1. The second kappa shape index (κ2) is 5.98. The maximum atomic E-state index is 4.38. The zero-order chi connectivity index (χ0) is 12.1. The smallest absolute Gasteiger partial charge is 0.110 e. The van der Waals surface area contributed by atoms with Gasteiger partial charge in [-0.15, -0.1) is 0 Å². The Hall–Kier alpha value is -1.13. The highest BCUT2D eigenvalue weighted by Crippen LogP contribution is 2.14. The zero-order valence-corrected chi connectivity index (χ0v) is 11.4. The first kappa shape index (κ1) is 12.3. The highest BCUT2D eigenvalue weighted by molar-refractivity contribution is 9.10. The molecule has 0 aliphatic rings. The fourth-order valence-corrected chi connectivity index (χ4v) is 2.13. The van der Waals surface area contributed by atoms with Gasteiger partial charge in [-0.3, -0.25) is 0 Å². The summed E-state index contributed by atoms with van der Waals surface area (Å²) in [6.45, 7) is 3.92. The fourth-order valence-electron chi connectivity index (χ4n) is 1.69. The van der Waals surface area contributed by atoms with Crippen LogP contribution in [0.3, 0.4) is 0 Å². The molecule has 0 fully saturated rings. The highest BCUT2D eigenvalue weighted by atomic mass is 79.9. The van der Waals surface area contributed by atoms with Crippen LogP contribution in [0.5, 0.6) is 0 Å². The standard InChI is InChI=1S/C13H16BrN3/c1-2-15-8-12-9-16-13(17-12)7-10-4-3-5-11(14)6-10/h3-6,9,15H,2,7-8H2,1H3,(H,16,17). The summed E-state index contributed by atoms with van der Waals surface area (Å²) in [6, 6.07) is 8.30. The number of rotatable bonds is 5. The third kappa shape index (κ3) is 3.68. The van der Waals surface area contributed by atoms with E-state index in [1.165, 1.54) is 5.56 Å². The number of aromatic nitrogens is 2. The average molecular weight is 294 g/mol. The van der Waals surface area contributed by atoms with E-state index in [1.807, 2.05) is 18.3 Å². The molecule has 1 aromatic heterocycles. The Morgan fingerprint density at radius 1 is 1.41 bits per heavy atom. The van der Waals surface area contributed by atoms with Gasteiger partial charge in [-0.2, -0.15) is 0 Å². The minimum atomic E-state index is 0.839. The monoisotopic (exact) mass is 293 g/mol. The number of H-pyrrole nitrogens is 1. The van der Waals surface area contributed by atoms with Gasteiger partial charge in [0.15, 0.2) is 0 Å². The Morgan fingerprint density at radius 2 is 2.29 bits per heavy atom. The summed E-state index contributed by atoms with van der Waals surface area (Å²) in [5, 5.41) is 3.27. The SMILES string of the molecule is CCNCc1cnc(Cc2cccc(Br)c2)[nH]1. The number of nitrogens with one attached hydrogen (secondary N) is 2. The lowest BCUT2D eigenvalue weighted by atomic mass is 10.1. The molecule has 2 N–H and O–H groups in total. The van der Waals surface area contributed by atoms with Gasteiger partial charge in [0.1, 0.15) is 5.82 Å². The first-order chi connectivity index (χ1) is 8.28. The van der Waals surface area contributed by atoms with Crippen molar-refractivity contribution in [1.29, 1.82) is 0 Å². The van der Waals surface area contributed by atoms with Crippen molar-refractivity contribution in [1.82, 2.24) is 15.3 Å². The number of aromatic amines is 1. The van der Waals surface area contributed by atoms with Gasteiger partial charge in [-0.05, 0) is 24.2 Å². The quantitative estimate of drug-likeness (QED) is 0.890. The summed E-state index contributed by atoms with van der Waals surface area (Å²) in [7, 11) is 0. The molecule has 90 valence electrons.